The van der Waals surface area contributed by atoms with Gasteiger partial charge in [0.05, 0.1) is 38.9 Å². The molecule has 3 aromatic rings. The topological polar surface area (TPSA) is 63.2 Å². The number of benzene rings is 3. The summed E-state index contributed by atoms with van der Waals surface area (Å²) in [6.45, 7) is 0.890. The third-order valence-corrected chi connectivity index (χ3v) is 7.90. The second-order valence-corrected chi connectivity index (χ2v) is 10.6. The molecule has 3 aromatic carbocycles. The van der Waals surface area contributed by atoms with E-state index in [1.807, 2.05) is 0 Å². The van der Waals surface area contributed by atoms with Gasteiger partial charge in [0.25, 0.3) is 0 Å². The molecule has 0 aromatic heterocycles. The van der Waals surface area contributed by atoms with E-state index in [4.69, 9.17) is 23.7 Å². The molecule has 2 aliphatic heterocycles. The van der Waals surface area contributed by atoms with Gasteiger partial charge in [0.2, 0.25) is 0 Å². The van der Waals surface area contributed by atoms with Crippen LogP contribution in [-0.2, 0) is 26.9 Å². The summed E-state index contributed by atoms with van der Waals surface area (Å²) in [7, 11) is 1.32. The van der Waals surface area contributed by atoms with Crippen LogP contribution in [0.1, 0.15) is 53.5 Å². The Balaban J connectivity index is 1.31. The average Bonchev–Trinajstić information content (AvgIpc) is 3.70. The molecule has 222 valence electrons. The van der Waals surface area contributed by atoms with Gasteiger partial charge in [-0.25, -0.2) is 8.78 Å². The number of carbonyl (C=O) groups is 1. The Morgan fingerprint density at radius 2 is 1.74 bits per heavy atom. The first kappa shape index (κ1) is 28.3. The van der Waals surface area contributed by atoms with Crippen LogP contribution < -0.4 is 14.2 Å². The monoisotopic (exact) mass is 590 g/mol. The van der Waals surface area contributed by atoms with Crippen molar-refractivity contribution in [3.63, 3.8) is 0 Å². The van der Waals surface area contributed by atoms with Crippen LogP contribution in [0.2, 0.25) is 0 Å². The van der Waals surface area contributed by atoms with Crippen LogP contribution in [0.5, 0.6) is 17.2 Å². The summed E-state index contributed by atoms with van der Waals surface area (Å²) < 4.78 is 99.9. The predicted octanol–water partition coefficient (Wildman–Crippen LogP) is 6.92. The normalized spacial score (nSPS) is 21.0. The van der Waals surface area contributed by atoms with Crippen molar-refractivity contribution >= 4 is 5.97 Å². The number of hydrogen-bond donors (Lipinski definition) is 0. The number of rotatable bonds is 7. The van der Waals surface area contributed by atoms with E-state index >= 15 is 8.78 Å². The van der Waals surface area contributed by atoms with Gasteiger partial charge in [-0.05, 0) is 59.4 Å². The molecule has 6 rings (SSSR count). The summed E-state index contributed by atoms with van der Waals surface area (Å²) in [6, 6.07) is 9.26. The van der Waals surface area contributed by atoms with Crippen LogP contribution in [0.4, 0.5) is 22.0 Å². The first-order valence-corrected chi connectivity index (χ1v) is 13.6. The Kier molecular flexibility index (Phi) is 7.46. The first-order chi connectivity index (χ1) is 20.1. The van der Waals surface area contributed by atoms with Gasteiger partial charge in [-0.1, -0.05) is 12.1 Å². The largest absolute Gasteiger partial charge is 0.492 e. The number of hydrogen-bond acceptors (Lipinski definition) is 6. The molecule has 0 radical (unpaired) electrons. The van der Waals surface area contributed by atoms with E-state index < -0.39 is 41.3 Å². The number of fused-ring (bicyclic) bond motifs is 2. The molecular weight excluding hydrogens is 563 g/mol. The van der Waals surface area contributed by atoms with Gasteiger partial charge in [-0.3, -0.25) is 4.79 Å². The lowest BCUT2D eigenvalue weighted by molar-refractivity contribution is -0.141. The van der Waals surface area contributed by atoms with Crippen molar-refractivity contribution in [3.05, 3.63) is 76.4 Å². The highest BCUT2D eigenvalue weighted by Crippen LogP contribution is 2.48. The van der Waals surface area contributed by atoms with Gasteiger partial charge in [-0.15, -0.1) is 0 Å². The quantitative estimate of drug-likeness (QED) is 0.220. The number of halogens is 5. The van der Waals surface area contributed by atoms with E-state index in [0.29, 0.717) is 48.7 Å². The molecule has 0 bridgehead atoms. The minimum Gasteiger partial charge on any atom is -0.492 e. The lowest BCUT2D eigenvalue weighted by Gasteiger charge is -2.20. The molecule has 6 nitrogen and oxygen atoms in total. The van der Waals surface area contributed by atoms with Crippen LogP contribution >= 0.6 is 0 Å². The molecule has 0 spiro atoms. The fourth-order valence-corrected chi connectivity index (χ4v) is 5.89. The summed E-state index contributed by atoms with van der Waals surface area (Å²) in [6.07, 6.45) is -4.68. The van der Waals surface area contributed by atoms with E-state index in [-0.39, 0.29) is 42.5 Å². The molecule has 3 aliphatic rings. The summed E-state index contributed by atoms with van der Waals surface area (Å²) in [5.74, 6) is -2.30. The molecule has 11 heteroatoms. The van der Waals surface area contributed by atoms with E-state index in [2.05, 4.69) is 0 Å². The average molecular weight is 591 g/mol. The Morgan fingerprint density at radius 3 is 2.43 bits per heavy atom. The van der Waals surface area contributed by atoms with E-state index in [1.54, 1.807) is 18.2 Å². The van der Waals surface area contributed by atoms with E-state index in [9.17, 15) is 18.0 Å². The van der Waals surface area contributed by atoms with Crippen LogP contribution in [0.25, 0.3) is 11.1 Å². The van der Waals surface area contributed by atoms with Gasteiger partial charge in [0.1, 0.15) is 23.7 Å². The second kappa shape index (κ2) is 11.1. The summed E-state index contributed by atoms with van der Waals surface area (Å²) in [5.41, 5.74) is 0.180. The molecule has 0 N–H and O–H groups in total. The van der Waals surface area contributed by atoms with Crippen LogP contribution in [0.15, 0.2) is 42.5 Å². The van der Waals surface area contributed by atoms with E-state index in [1.165, 1.54) is 13.2 Å². The minimum absolute atomic E-state index is 0.152. The number of alkyl halides is 3. The first-order valence-electron chi connectivity index (χ1n) is 13.6. The van der Waals surface area contributed by atoms with Crippen molar-refractivity contribution in [2.24, 2.45) is 0 Å². The van der Waals surface area contributed by atoms with Gasteiger partial charge in [0.15, 0.2) is 17.4 Å². The third kappa shape index (κ3) is 5.37. The maximum Gasteiger partial charge on any atom is 0.417 e. The van der Waals surface area contributed by atoms with Crippen molar-refractivity contribution < 1.29 is 50.4 Å². The smallest absolute Gasteiger partial charge is 0.417 e. The van der Waals surface area contributed by atoms with Crippen LogP contribution in [0.3, 0.4) is 0 Å². The third-order valence-electron chi connectivity index (χ3n) is 7.90. The molecule has 0 saturated carbocycles. The highest BCUT2D eigenvalue weighted by Gasteiger charge is 2.39. The summed E-state index contributed by atoms with van der Waals surface area (Å²) in [4.78, 5) is 11.7. The molecule has 42 heavy (non-hydrogen) atoms. The Bertz CT molecular complexity index is 1490. The summed E-state index contributed by atoms with van der Waals surface area (Å²) >= 11 is 0. The zero-order chi connectivity index (χ0) is 29.6. The molecule has 1 aliphatic carbocycles. The standard InChI is InChI=1S/C31H27F5O6/c1-38-28(37)12-17-14-40-27-13-18(2-3-20(17)27)41-26-7-5-22-21(26)4-6-23(31(34,35)36)29(22)16-10-24(32)30(25(33)11-16)42-19-8-9-39-15-19/h2-4,6,10-11,13,17,19,26H,5,7-9,12,14-15H2,1H3. The zero-order valence-electron chi connectivity index (χ0n) is 22.6. The molecule has 3 atom stereocenters. The number of ether oxygens (including phenoxy) is 5. The maximum absolute atomic E-state index is 15.1. The fourth-order valence-electron chi connectivity index (χ4n) is 5.89. The van der Waals surface area contributed by atoms with Gasteiger partial charge in [-0.2, -0.15) is 13.2 Å². The van der Waals surface area contributed by atoms with Crippen molar-refractivity contribution in [3.8, 4) is 28.4 Å². The number of methoxy groups -OCH3 is 1. The molecular formula is C31H27F5O6. The SMILES string of the molecule is COC(=O)CC1COc2cc(OC3CCc4c3ccc(C(F)(F)F)c4-c3cc(F)c(OC4CCOC4)c(F)c3)ccc21. The highest BCUT2D eigenvalue weighted by atomic mass is 19.4. The van der Waals surface area contributed by atoms with Crippen LogP contribution in [0, 0.1) is 11.6 Å². The van der Waals surface area contributed by atoms with Crippen molar-refractivity contribution in [1.82, 2.24) is 0 Å². The van der Waals surface area contributed by atoms with E-state index in [0.717, 1.165) is 23.8 Å². The predicted molar refractivity (Wildman–Crippen MR) is 140 cm³/mol. The molecule has 0 amide bonds. The molecule has 1 saturated heterocycles. The Labute approximate surface area is 238 Å². The number of esters is 1. The Hall–Kier alpha value is -3.86. The molecule has 3 unspecified atom stereocenters. The zero-order valence-corrected chi connectivity index (χ0v) is 22.6. The fraction of sp³-hybridized carbons (Fsp3) is 0.387. The van der Waals surface area contributed by atoms with Crippen molar-refractivity contribution in [2.75, 3.05) is 26.9 Å². The van der Waals surface area contributed by atoms with Gasteiger partial charge >= 0.3 is 12.1 Å². The van der Waals surface area contributed by atoms with Gasteiger partial charge in [0, 0.05) is 24.0 Å². The second-order valence-electron chi connectivity index (χ2n) is 10.6. The van der Waals surface area contributed by atoms with Crippen LogP contribution in [-0.4, -0.2) is 39.0 Å². The lowest BCUT2D eigenvalue weighted by Crippen LogP contribution is -2.17. The summed E-state index contributed by atoms with van der Waals surface area (Å²) in [5, 5.41) is 0. The van der Waals surface area contributed by atoms with Crippen molar-refractivity contribution in [2.45, 2.75) is 50.0 Å². The van der Waals surface area contributed by atoms with Gasteiger partial charge < -0.3 is 23.7 Å². The maximum atomic E-state index is 15.1. The Morgan fingerprint density at radius 1 is 0.976 bits per heavy atom. The molecule has 2 heterocycles. The number of carbonyl (C=O) groups excluding carboxylic acids is 1. The molecule has 1 fully saturated rings. The van der Waals surface area contributed by atoms with Crippen molar-refractivity contribution in [1.29, 1.82) is 0 Å². The minimum atomic E-state index is -4.76. The lowest BCUT2D eigenvalue weighted by atomic mass is 9.91. The highest BCUT2D eigenvalue weighted by molar-refractivity contribution is 5.75.